The van der Waals surface area contributed by atoms with Gasteiger partial charge in [0.1, 0.15) is 18.7 Å². The molecule has 3 aromatic carbocycles. The molecule has 0 radical (unpaired) electrons. The second-order valence-electron chi connectivity index (χ2n) is 11.8. The summed E-state index contributed by atoms with van der Waals surface area (Å²) >= 11 is 0. The fraction of sp³-hybridized carbons (Fsp3) is 0.237. The first-order valence-corrected chi connectivity index (χ1v) is 16.3. The molecule has 4 atom stereocenters. The quantitative estimate of drug-likeness (QED) is 0.0987. The number of hydrogen-bond acceptors (Lipinski definition) is 7. The Morgan fingerprint density at radius 3 is 2.16 bits per heavy atom. The lowest BCUT2D eigenvalue weighted by Gasteiger charge is -2.27. The van der Waals surface area contributed by atoms with E-state index in [-0.39, 0.29) is 26.0 Å². The number of nitrogens with zero attached hydrogens (tertiary/aromatic N) is 1. The maximum Gasteiger partial charge on any atom is 0.408 e. The molecular formula is C38H40N6O6. The maximum absolute atomic E-state index is 14.1. The molecule has 50 heavy (non-hydrogen) atoms. The van der Waals surface area contributed by atoms with Gasteiger partial charge in [-0.1, -0.05) is 84.9 Å². The molecule has 2 heterocycles. The van der Waals surface area contributed by atoms with E-state index >= 15 is 0 Å². The Balaban J connectivity index is 1.31. The largest absolute Gasteiger partial charge is 0.445 e. The van der Waals surface area contributed by atoms with Crippen LogP contribution in [-0.4, -0.2) is 63.1 Å². The van der Waals surface area contributed by atoms with Crippen molar-refractivity contribution >= 4 is 34.7 Å². The first kappa shape index (κ1) is 35.3. The van der Waals surface area contributed by atoms with Gasteiger partial charge in [0.25, 0.3) is 5.91 Å². The van der Waals surface area contributed by atoms with E-state index in [1.807, 2.05) is 84.9 Å². The molecule has 258 valence electrons. The standard InChI is InChI=1S/C38H40N6O6/c1-25(42-38(49)50-24-27-14-6-3-7-15-27)35(46)44-33(21-28-22-40-31-18-9-8-17-30(28)31)36(47)43-32(20-26-12-4-2-5-13-26)34(45)37(48)41-23-29-16-10-11-19-39-29/h2-19,22,25,32-34,40,45H,20-21,23-24H2,1H3,(H,41,48)(H,42,49)(H,43,47)(H,44,46)/t25-,32?,33-,34-/m0/s1. The second-order valence-corrected chi connectivity index (χ2v) is 11.8. The van der Waals surface area contributed by atoms with Gasteiger partial charge < -0.3 is 36.1 Å². The third-order valence-electron chi connectivity index (χ3n) is 8.12. The van der Waals surface area contributed by atoms with Gasteiger partial charge >= 0.3 is 6.09 Å². The lowest BCUT2D eigenvalue weighted by molar-refractivity contribution is -0.134. The zero-order chi connectivity index (χ0) is 35.3. The van der Waals surface area contributed by atoms with E-state index in [9.17, 15) is 24.3 Å². The zero-order valence-electron chi connectivity index (χ0n) is 27.5. The summed E-state index contributed by atoms with van der Waals surface area (Å²) in [7, 11) is 0. The number of pyridine rings is 1. The van der Waals surface area contributed by atoms with Crippen molar-refractivity contribution < 1.29 is 29.0 Å². The van der Waals surface area contributed by atoms with E-state index < -0.39 is 48.0 Å². The summed E-state index contributed by atoms with van der Waals surface area (Å²) in [6, 6.07) is 27.8. The van der Waals surface area contributed by atoms with E-state index in [4.69, 9.17) is 4.74 Å². The number of rotatable bonds is 15. The molecule has 0 saturated heterocycles. The third kappa shape index (κ3) is 10.0. The first-order valence-electron chi connectivity index (χ1n) is 16.3. The second kappa shape index (κ2) is 17.4. The molecule has 0 bridgehead atoms. The molecule has 0 fully saturated rings. The Morgan fingerprint density at radius 1 is 0.760 bits per heavy atom. The van der Waals surface area contributed by atoms with Crippen LogP contribution >= 0.6 is 0 Å². The van der Waals surface area contributed by atoms with Crippen molar-refractivity contribution in [2.45, 2.75) is 57.1 Å². The van der Waals surface area contributed by atoms with Crippen molar-refractivity contribution in [1.82, 2.24) is 31.2 Å². The Hall–Kier alpha value is -6.01. The maximum atomic E-state index is 14.1. The molecule has 12 nitrogen and oxygen atoms in total. The molecule has 0 aliphatic heterocycles. The number of amides is 4. The van der Waals surface area contributed by atoms with Crippen LogP contribution in [0.3, 0.4) is 0 Å². The number of fused-ring (bicyclic) bond motifs is 1. The molecule has 0 aliphatic rings. The molecular weight excluding hydrogens is 636 g/mol. The molecule has 12 heteroatoms. The summed E-state index contributed by atoms with van der Waals surface area (Å²) in [6.45, 7) is 1.58. The predicted molar refractivity (Wildman–Crippen MR) is 187 cm³/mol. The fourth-order valence-corrected chi connectivity index (χ4v) is 5.39. The molecule has 2 aromatic heterocycles. The Kier molecular flexibility index (Phi) is 12.3. The minimum Gasteiger partial charge on any atom is -0.445 e. The van der Waals surface area contributed by atoms with Crippen molar-refractivity contribution in [2.24, 2.45) is 0 Å². The Bertz CT molecular complexity index is 1870. The number of benzene rings is 3. The molecule has 5 rings (SSSR count). The molecule has 0 spiro atoms. The van der Waals surface area contributed by atoms with Gasteiger partial charge in [0.05, 0.1) is 18.3 Å². The van der Waals surface area contributed by atoms with Crippen LogP contribution in [0.4, 0.5) is 4.79 Å². The zero-order valence-corrected chi connectivity index (χ0v) is 27.5. The molecule has 6 N–H and O–H groups in total. The molecule has 0 saturated carbocycles. The number of carbonyl (C=O) groups excluding carboxylic acids is 4. The number of para-hydroxylation sites is 1. The number of alkyl carbamates (subject to hydrolysis) is 1. The van der Waals surface area contributed by atoms with E-state index in [0.29, 0.717) is 5.69 Å². The number of carbonyl (C=O) groups is 4. The van der Waals surface area contributed by atoms with Gasteiger partial charge in [-0.3, -0.25) is 19.4 Å². The average Bonchev–Trinajstić information content (AvgIpc) is 3.55. The minimum absolute atomic E-state index is 0.0210. The van der Waals surface area contributed by atoms with Crippen molar-refractivity contribution in [1.29, 1.82) is 0 Å². The highest BCUT2D eigenvalue weighted by Crippen LogP contribution is 2.20. The number of H-pyrrole nitrogens is 1. The van der Waals surface area contributed by atoms with Crippen LogP contribution in [-0.2, 0) is 45.1 Å². The third-order valence-corrected chi connectivity index (χ3v) is 8.12. The summed E-state index contributed by atoms with van der Waals surface area (Å²) in [5.41, 5.74) is 3.78. The van der Waals surface area contributed by atoms with E-state index in [1.165, 1.54) is 6.92 Å². The highest BCUT2D eigenvalue weighted by Gasteiger charge is 2.32. The van der Waals surface area contributed by atoms with Gasteiger partial charge in [-0.05, 0) is 48.2 Å². The van der Waals surface area contributed by atoms with E-state index in [2.05, 4.69) is 31.2 Å². The Morgan fingerprint density at radius 2 is 1.44 bits per heavy atom. The lowest BCUT2D eigenvalue weighted by atomic mass is 9.98. The number of aromatic amines is 1. The summed E-state index contributed by atoms with van der Waals surface area (Å²) < 4.78 is 5.26. The summed E-state index contributed by atoms with van der Waals surface area (Å²) in [4.78, 5) is 60.5. The monoisotopic (exact) mass is 676 g/mol. The number of aromatic nitrogens is 2. The van der Waals surface area contributed by atoms with Crippen LogP contribution in [0, 0.1) is 0 Å². The normalized spacial score (nSPS) is 13.3. The van der Waals surface area contributed by atoms with Crippen LogP contribution in [0.1, 0.15) is 29.3 Å². The smallest absolute Gasteiger partial charge is 0.408 e. The number of hydrogen-bond donors (Lipinski definition) is 6. The van der Waals surface area contributed by atoms with Crippen LogP contribution in [0.5, 0.6) is 0 Å². The summed E-state index contributed by atoms with van der Waals surface area (Å²) in [5.74, 6) is -1.95. The van der Waals surface area contributed by atoms with Gasteiger partial charge in [-0.15, -0.1) is 0 Å². The van der Waals surface area contributed by atoms with E-state index in [1.54, 1.807) is 30.6 Å². The van der Waals surface area contributed by atoms with Crippen molar-refractivity contribution in [3.05, 3.63) is 138 Å². The Labute approximate surface area is 289 Å². The SMILES string of the molecule is C[C@H](NC(=O)OCc1ccccc1)C(=O)N[C@@H](Cc1c[nH]c2ccccc12)C(=O)NC(Cc1ccccc1)[C@H](O)C(=O)NCc1ccccn1. The van der Waals surface area contributed by atoms with Gasteiger partial charge in [0, 0.05) is 29.7 Å². The number of aliphatic hydroxyl groups excluding tert-OH is 1. The predicted octanol–water partition coefficient (Wildman–Crippen LogP) is 3.31. The van der Waals surface area contributed by atoms with Crippen LogP contribution in [0.25, 0.3) is 10.9 Å². The average molecular weight is 677 g/mol. The number of ether oxygens (including phenoxy) is 1. The lowest BCUT2D eigenvalue weighted by Crippen LogP contribution is -2.58. The topological polar surface area (TPSA) is 175 Å². The van der Waals surface area contributed by atoms with Gasteiger partial charge in [-0.25, -0.2) is 4.79 Å². The summed E-state index contributed by atoms with van der Waals surface area (Å²) in [6.07, 6.45) is 1.14. The highest BCUT2D eigenvalue weighted by molar-refractivity contribution is 5.93. The highest BCUT2D eigenvalue weighted by atomic mass is 16.5. The number of aliphatic hydroxyl groups is 1. The molecule has 0 aliphatic carbocycles. The van der Waals surface area contributed by atoms with Crippen molar-refractivity contribution in [3.63, 3.8) is 0 Å². The van der Waals surface area contributed by atoms with Gasteiger partial charge in [0.2, 0.25) is 11.8 Å². The first-order chi connectivity index (χ1) is 24.3. The molecule has 5 aromatic rings. The molecule has 1 unspecified atom stereocenters. The summed E-state index contributed by atoms with van der Waals surface area (Å²) in [5, 5.41) is 22.9. The van der Waals surface area contributed by atoms with Crippen LogP contribution in [0.2, 0.25) is 0 Å². The number of nitrogens with one attached hydrogen (secondary N) is 5. The molecule has 4 amide bonds. The van der Waals surface area contributed by atoms with Crippen LogP contribution in [0.15, 0.2) is 116 Å². The van der Waals surface area contributed by atoms with Gasteiger partial charge in [-0.2, -0.15) is 0 Å². The van der Waals surface area contributed by atoms with Crippen molar-refractivity contribution in [2.75, 3.05) is 0 Å². The fourth-order valence-electron chi connectivity index (χ4n) is 5.39. The van der Waals surface area contributed by atoms with E-state index in [0.717, 1.165) is 27.6 Å². The van der Waals surface area contributed by atoms with Crippen molar-refractivity contribution in [3.8, 4) is 0 Å². The minimum atomic E-state index is -1.63. The van der Waals surface area contributed by atoms with Crippen LogP contribution < -0.4 is 21.3 Å². The van der Waals surface area contributed by atoms with Gasteiger partial charge in [0.15, 0.2) is 6.10 Å².